The van der Waals surface area contributed by atoms with E-state index in [1.807, 2.05) is 6.92 Å². The van der Waals surface area contributed by atoms with E-state index in [9.17, 15) is 13.2 Å². The zero-order chi connectivity index (χ0) is 15.0. The Hall–Kier alpha value is -1.44. The molecule has 1 fully saturated rings. The molecule has 2 N–H and O–H groups in total. The summed E-state index contributed by atoms with van der Waals surface area (Å²) in [5.41, 5.74) is 1.46. The number of nitrogens with zero attached hydrogens (tertiary/aromatic N) is 1. The van der Waals surface area contributed by atoms with Crippen LogP contribution >= 0.6 is 0 Å². The maximum Gasteiger partial charge on any atom is 0.243 e. The minimum Gasteiger partial charge on any atom is -0.326 e. The first kappa shape index (κ1) is 14.5. The van der Waals surface area contributed by atoms with Crippen molar-refractivity contribution in [2.45, 2.75) is 30.7 Å². The van der Waals surface area contributed by atoms with Gasteiger partial charge in [-0.1, -0.05) is 6.92 Å². The molecular weight excluding hydrogens is 290 g/mol. The van der Waals surface area contributed by atoms with Crippen LogP contribution in [0.3, 0.4) is 0 Å². The Kier molecular flexibility index (Phi) is 3.73. The standard InChI is InChI=1S/C14H19N3O3S/c1-2-17(11-5-6-15-9-11)21(19,20)12-3-4-13-10(7-12)8-14(18)16-13/h3-4,7,11,15H,2,5-6,8-9H2,1H3,(H,16,18). The molecular formula is C14H19N3O3S. The average Bonchev–Trinajstić information content (AvgIpc) is 3.06. The van der Waals surface area contributed by atoms with E-state index in [4.69, 9.17) is 0 Å². The smallest absolute Gasteiger partial charge is 0.243 e. The van der Waals surface area contributed by atoms with Crippen LogP contribution in [0.25, 0.3) is 0 Å². The number of carbonyl (C=O) groups is 1. The molecule has 0 aliphatic carbocycles. The third kappa shape index (κ3) is 2.56. The lowest BCUT2D eigenvalue weighted by molar-refractivity contribution is -0.115. The average molecular weight is 309 g/mol. The van der Waals surface area contributed by atoms with Crippen molar-refractivity contribution in [3.05, 3.63) is 23.8 Å². The topological polar surface area (TPSA) is 78.5 Å². The van der Waals surface area contributed by atoms with Gasteiger partial charge >= 0.3 is 0 Å². The first-order chi connectivity index (χ1) is 10.0. The molecule has 2 aliphatic rings. The van der Waals surface area contributed by atoms with E-state index in [1.54, 1.807) is 22.5 Å². The van der Waals surface area contributed by atoms with Crippen LogP contribution in [-0.2, 0) is 21.2 Å². The van der Waals surface area contributed by atoms with Gasteiger partial charge in [0.25, 0.3) is 0 Å². The number of hydrogen-bond donors (Lipinski definition) is 2. The van der Waals surface area contributed by atoms with Gasteiger partial charge in [-0.05, 0) is 36.7 Å². The highest BCUT2D eigenvalue weighted by Gasteiger charge is 2.32. The fourth-order valence-corrected chi connectivity index (χ4v) is 4.73. The van der Waals surface area contributed by atoms with Gasteiger partial charge in [-0.3, -0.25) is 4.79 Å². The number of sulfonamides is 1. The largest absolute Gasteiger partial charge is 0.326 e. The van der Waals surface area contributed by atoms with Crippen molar-refractivity contribution < 1.29 is 13.2 Å². The molecule has 21 heavy (non-hydrogen) atoms. The van der Waals surface area contributed by atoms with Crippen LogP contribution in [0.2, 0.25) is 0 Å². The molecule has 114 valence electrons. The monoisotopic (exact) mass is 309 g/mol. The summed E-state index contributed by atoms with van der Waals surface area (Å²) < 4.78 is 27.2. The van der Waals surface area contributed by atoms with Gasteiger partial charge in [0.05, 0.1) is 11.3 Å². The third-order valence-electron chi connectivity index (χ3n) is 4.06. The van der Waals surface area contributed by atoms with Gasteiger partial charge in [-0.15, -0.1) is 0 Å². The second-order valence-electron chi connectivity index (χ2n) is 5.40. The predicted molar refractivity (Wildman–Crippen MR) is 79.6 cm³/mol. The summed E-state index contributed by atoms with van der Waals surface area (Å²) in [6, 6.07) is 4.87. The molecule has 1 unspecified atom stereocenters. The highest BCUT2D eigenvalue weighted by molar-refractivity contribution is 7.89. The van der Waals surface area contributed by atoms with Gasteiger partial charge in [-0.25, -0.2) is 8.42 Å². The van der Waals surface area contributed by atoms with Crippen LogP contribution in [0.1, 0.15) is 18.9 Å². The van der Waals surface area contributed by atoms with E-state index < -0.39 is 10.0 Å². The molecule has 3 rings (SSSR count). The Balaban J connectivity index is 1.94. The number of amides is 1. The lowest BCUT2D eigenvalue weighted by atomic mass is 10.2. The zero-order valence-corrected chi connectivity index (χ0v) is 12.7. The number of carbonyl (C=O) groups excluding carboxylic acids is 1. The summed E-state index contributed by atoms with van der Waals surface area (Å²) in [6.45, 7) is 3.84. The maximum atomic E-state index is 12.8. The first-order valence-corrected chi connectivity index (χ1v) is 8.61. The number of nitrogens with one attached hydrogen (secondary N) is 2. The molecule has 0 bridgehead atoms. The number of fused-ring (bicyclic) bond motifs is 1. The highest BCUT2D eigenvalue weighted by Crippen LogP contribution is 2.28. The van der Waals surface area contributed by atoms with Crippen molar-refractivity contribution in [2.24, 2.45) is 0 Å². The van der Waals surface area contributed by atoms with E-state index >= 15 is 0 Å². The van der Waals surface area contributed by atoms with Gasteiger partial charge in [0.1, 0.15) is 0 Å². The van der Waals surface area contributed by atoms with E-state index in [2.05, 4.69) is 10.6 Å². The van der Waals surface area contributed by atoms with Gasteiger partial charge in [0.2, 0.25) is 15.9 Å². The Morgan fingerprint density at radius 3 is 2.86 bits per heavy atom. The number of likely N-dealkylation sites (N-methyl/N-ethyl adjacent to an activating group) is 1. The third-order valence-corrected chi connectivity index (χ3v) is 6.09. The molecule has 0 radical (unpaired) electrons. The van der Waals surface area contributed by atoms with Crippen LogP contribution in [0, 0.1) is 0 Å². The molecule has 1 amide bonds. The van der Waals surface area contributed by atoms with Crippen LogP contribution in [-0.4, -0.2) is 44.3 Å². The number of rotatable bonds is 4. The maximum absolute atomic E-state index is 12.8. The van der Waals surface area contributed by atoms with Gasteiger partial charge in [0.15, 0.2) is 0 Å². The highest BCUT2D eigenvalue weighted by atomic mass is 32.2. The van der Waals surface area contributed by atoms with Crippen LogP contribution in [0.15, 0.2) is 23.1 Å². The minimum atomic E-state index is -3.52. The summed E-state index contributed by atoms with van der Waals surface area (Å²) in [4.78, 5) is 11.7. The second kappa shape index (κ2) is 5.40. The molecule has 6 nitrogen and oxygen atoms in total. The molecule has 2 heterocycles. The predicted octanol–water partition coefficient (Wildman–Crippen LogP) is 0.554. The molecule has 1 saturated heterocycles. The number of hydrogen-bond acceptors (Lipinski definition) is 4. The zero-order valence-electron chi connectivity index (χ0n) is 11.9. The van der Waals surface area contributed by atoms with Gasteiger partial charge in [0, 0.05) is 24.8 Å². The number of benzene rings is 1. The van der Waals surface area contributed by atoms with Crippen molar-refractivity contribution in [3.8, 4) is 0 Å². The molecule has 0 saturated carbocycles. The molecule has 1 aromatic carbocycles. The summed E-state index contributed by atoms with van der Waals surface area (Å²) in [5, 5.41) is 5.91. The van der Waals surface area contributed by atoms with Crippen molar-refractivity contribution in [1.29, 1.82) is 0 Å². The lowest BCUT2D eigenvalue weighted by Gasteiger charge is -2.26. The Bertz CT molecular complexity index is 666. The SMILES string of the molecule is CCN(C1CCNC1)S(=O)(=O)c1ccc2c(c1)CC(=O)N2. The van der Waals surface area contributed by atoms with E-state index in [-0.39, 0.29) is 23.3 Å². The molecule has 0 aromatic heterocycles. The fraction of sp³-hybridized carbons (Fsp3) is 0.500. The molecule has 0 spiro atoms. The Labute approximate surface area is 124 Å². The van der Waals surface area contributed by atoms with Crippen molar-refractivity contribution in [2.75, 3.05) is 25.0 Å². The van der Waals surface area contributed by atoms with E-state index in [0.29, 0.717) is 18.8 Å². The quantitative estimate of drug-likeness (QED) is 0.851. The molecule has 1 atom stereocenters. The van der Waals surface area contributed by atoms with E-state index in [0.717, 1.165) is 18.5 Å². The van der Waals surface area contributed by atoms with Gasteiger partial charge < -0.3 is 10.6 Å². The summed E-state index contributed by atoms with van der Waals surface area (Å²) in [7, 11) is -3.52. The van der Waals surface area contributed by atoms with Gasteiger partial charge in [-0.2, -0.15) is 4.31 Å². The number of anilines is 1. The second-order valence-corrected chi connectivity index (χ2v) is 7.29. The van der Waals surface area contributed by atoms with Crippen molar-refractivity contribution in [3.63, 3.8) is 0 Å². The Morgan fingerprint density at radius 2 is 2.19 bits per heavy atom. The summed E-state index contributed by atoms with van der Waals surface area (Å²) in [6.07, 6.45) is 1.08. The van der Waals surface area contributed by atoms with E-state index in [1.165, 1.54) is 0 Å². The van der Waals surface area contributed by atoms with Crippen molar-refractivity contribution >= 4 is 21.6 Å². The van der Waals surface area contributed by atoms with Crippen LogP contribution in [0.5, 0.6) is 0 Å². The molecule has 1 aromatic rings. The summed E-state index contributed by atoms with van der Waals surface area (Å²) >= 11 is 0. The fourth-order valence-electron chi connectivity index (χ4n) is 3.01. The molecule has 2 aliphatic heterocycles. The normalized spacial score (nSPS) is 21.6. The summed E-state index contributed by atoms with van der Waals surface area (Å²) in [5.74, 6) is -0.0908. The van der Waals surface area contributed by atoms with Crippen LogP contribution < -0.4 is 10.6 Å². The van der Waals surface area contributed by atoms with Crippen LogP contribution in [0.4, 0.5) is 5.69 Å². The minimum absolute atomic E-state index is 0.00742. The van der Waals surface area contributed by atoms with Crippen molar-refractivity contribution in [1.82, 2.24) is 9.62 Å². The Morgan fingerprint density at radius 1 is 1.38 bits per heavy atom. The first-order valence-electron chi connectivity index (χ1n) is 7.17. The lowest BCUT2D eigenvalue weighted by Crippen LogP contribution is -2.41. The molecule has 7 heteroatoms.